The molecular weight excluding hydrogens is 458 g/mol. The van der Waals surface area contributed by atoms with Crippen molar-refractivity contribution in [2.45, 2.75) is 64.5 Å². The number of piperidine rings is 1. The average molecular weight is 498 g/mol. The third-order valence-corrected chi connectivity index (χ3v) is 8.22. The summed E-state index contributed by atoms with van der Waals surface area (Å²) >= 11 is 0. The molecule has 4 aliphatic rings. The number of hydrogen-bond acceptors (Lipinski definition) is 6. The van der Waals surface area contributed by atoms with Gasteiger partial charge in [0.2, 0.25) is 5.91 Å². The standard InChI is InChI=1S/C27H39N5O4/c1-26(2,3)36-25(35)31-12-9-27(10-13-31)18-22(19-27)30-16-14-29(15-17-30)20-4-6-21(7-5-20)32-11-8-23(33)28-24(32)34/h4-7,22H,8-19H2,1-3H3,(H,28,33,34). The second-order valence-electron chi connectivity index (χ2n) is 11.8. The second-order valence-corrected chi connectivity index (χ2v) is 11.8. The van der Waals surface area contributed by atoms with Crippen LogP contribution in [0.5, 0.6) is 0 Å². The highest BCUT2D eigenvalue weighted by atomic mass is 16.6. The molecule has 0 unspecified atom stereocenters. The molecule has 36 heavy (non-hydrogen) atoms. The van der Waals surface area contributed by atoms with Gasteiger partial charge in [0, 0.05) is 69.7 Å². The molecule has 9 heteroatoms. The van der Waals surface area contributed by atoms with Crippen LogP contribution < -0.4 is 15.1 Å². The van der Waals surface area contributed by atoms with E-state index in [-0.39, 0.29) is 18.0 Å². The first-order chi connectivity index (χ1) is 17.1. The topological polar surface area (TPSA) is 85.4 Å². The Kier molecular flexibility index (Phi) is 6.61. The number of likely N-dealkylation sites (tertiary alicyclic amines) is 1. The molecule has 3 saturated heterocycles. The van der Waals surface area contributed by atoms with Gasteiger partial charge in [-0.1, -0.05) is 0 Å². The number of piperazine rings is 1. The van der Waals surface area contributed by atoms with Gasteiger partial charge in [0.25, 0.3) is 0 Å². The van der Waals surface area contributed by atoms with E-state index < -0.39 is 5.60 Å². The van der Waals surface area contributed by atoms with E-state index in [0.717, 1.165) is 57.8 Å². The summed E-state index contributed by atoms with van der Waals surface area (Å²) in [5.41, 5.74) is 1.96. The SMILES string of the molecule is CC(C)(C)OC(=O)N1CCC2(CC1)CC(N1CCN(c3ccc(N4CCC(=O)NC4=O)cc3)CC1)C2. The van der Waals surface area contributed by atoms with E-state index in [1.807, 2.05) is 37.8 Å². The Balaban J connectivity index is 1.06. The number of amides is 4. The summed E-state index contributed by atoms with van der Waals surface area (Å²) in [7, 11) is 0. The molecule has 196 valence electrons. The Labute approximate surface area is 213 Å². The molecule has 0 aromatic heterocycles. The fraction of sp³-hybridized carbons (Fsp3) is 0.667. The Morgan fingerprint density at radius 1 is 0.917 bits per heavy atom. The lowest BCUT2D eigenvalue weighted by molar-refractivity contribution is -0.120. The third-order valence-electron chi connectivity index (χ3n) is 8.22. The fourth-order valence-corrected chi connectivity index (χ4v) is 6.10. The predicted octanol–water partition coefficient (Wildman–Crippen LogP) is 3.43. The van der Waals surface area contributed by atoms with E-state index in [1.165, 1.54) is 18.5 Å². The van der Waals surface area contributed by atoms with Crippen LogP contribution in [0.4, 0.5) is 21.0 Å². The molecule has 4 amide bonds. The first-order valence-corrected chi connectivity index (χ1v) is 13.3. The van der Waals surface area contributed by atoms with Gasteiger partial charge in [0.05, 0.1) is 0 Å². The molecule has 0 radical (unpaired) electrons. The Hall–Kier alpha value is -2.81. The van der Waals surface area contributed by atoms with Crippen LogP contribution in [0.1, 0.15) is 52.9 Å². The molecule has 1 saturated carbocycles. The van der Waals surface area contributed by atoms with E-state index >= 15 is 0 Å². The Morgan fingerprint density at radius 2 is 1.53 bits per heavy atom. The summed E-state index contributed by atoms with van der Waals surface area (Å²) in [6.07, 6.45) is 4.80. The summed E-state index contributed by atoms with van der Waals surface area (Å²) in [5, 5.41) is 2.38. The highest BCUT2D eigenvalue weighted by Gasteiger charge is 2.48. The summed E-state index contributed by atoms with van der Waals surface area (Å²) < 4.78 is 5.55. The average Bonchev–Trinajstić information content (AvgIpc) is 2.82. The molecule has 1 spiro atoms. The van der Waals surface area contributed by atoms with Gasteiger partial charge in [-0.25, -0.2) is 9.59 Å². The van der Waals surface area contributed by atoms with Gasteiger partial charge in [-0.05, 0) is 76.1 Å². The zero-order valence-corrected chi connectivity index (χ0v) is 21.8. The zero-order chi connectivity index (χ0) is 25.5. The first-order valence-electron chi connectivity index (χ1n) is 13.3. The van der Waals surface area contributed by atoms with Crippen LogP contribution in [0, 0.1) is 5.41 Å². The summed E-state index contributed by atoms with van der Waals surface area (Å²) in [5.74, 6) is -0.214. The number of anilines is 2. The summed E-state index contributed by atoms with van der Waals surface area (Å²) in [6.45, 7) is 11.9. The van der Waals surface area contributed by atoms with Crippen LogP contribution in [-0.2, 0) is 9.53 Å². The summed E-state index contributed by atoms with van der Waals surface area (Å²) in [4.78, 5) is 44.4. The van der Waals surface area contributed by atoms with Gasteiger partial charge in [0.15, 0.2) is 0 Å². The highest BCUT2D eigenvalue weighted by Crippen LogP contribution is 2.51. The number of carbonyl (C=O) groups excluding carboxylic acids is 3. The monoisotopic (exact) mass is 497 g/mol. The molecule has 0 bridgehead atoms. The Morgan fingerprint density at radius 3 is 2.11 bits per heavy atom. The lowest BCUT2D eigenvalue weighted by Crippen LogP contribution is -2.59. The lowest BCUT2D eigenvalue weighted by Gasteiger charge is -2.56. The second kappa shape index (κ2) is 9.57. The van der Waals surface area contributed by atoms with Crippen molar-refractivity contribution < 1.29 is 19.1 Å². The van der Waals surface area contributed by atoms with Crippen LogP contribution in [0.25, 0.3) is 0 Å². The normalized spacial score (nSPS) is 23.5. The van der Waals surface area contributed by atoms with Gasteiger partial charge in [-0.3, -0.25) is 19.9 Å². The van der Waals surface area contributed by atoms with Crippen LogP contribution in [0.15, 0.2) is 24.3 Å². The van der Waals surface area contributed by atoms with E-state index in [1.54, 1.807) is 4.90 Å². The van der Waals surface area contributed by atoms with Crippen molar-refractivity contribution in [3.8, 4) is 0 Å². The maximum Gasteiger partial charge on any atom is 0.410 e. The van der Waals surface area contributed by atoms with Gasteiger partial charge in [0.1, 0.15) is 5.60 Å². The number of ether oxygens (including phenoxy) is 1. The largest absolute Gasteiger partial charge is 0.444 e. The molecule has 9 nitrogen and oxygen atoms in total. The Bertz CT molecular complexity index is 980. The number of rotatable bonds is 3. The van der Waals surface area contributed by atoms with Crippen molar-refractivity contribution >= 4 is 29.4 Å². The number of nitrogens with zero attached hydrogens (tertiary/aromatic N) is 4. The van der Waals surface area contributed by atoms with E-state index in [4.69, 9.17) is 4.74 Å². The van der Waals surface area contributed by atoms with Gasteiger partial charge in [-0.2, -0.15) is 0 Å². The minimum Gasteiger partial charge on any atom is -0.444 e. The van der Waals surface area contributed by atoms with Crippen molar-refractivity contribution in [1.29, 1.82) is 0 Å². The molecule has 1 aliphatic carbocycles. The van der Waals surface area contributed by atoms with E-state index in [2.05, 4.69) is 27.2 Å². The molecule has 3 heterocycles. The highest BCUT2D eigenvalue weighted by molar-refractivity contribution is 6.05. The lowest BCUT2D eigenvalue weighted by atomic mass is 9.60. The summed E-state index contributed by atoms with van der Waals surface area (Å²) in [6, 6.07) is 8.40. The number of hydrogen-bond donors (Lipinski definition) is 1. The maximum absolute atomic E-state index is 12.4. The van der Waals surface area contributed by atoms with Crippen molar-refractivity contribution in [1.82, 2.24) is 15.1 Å². The fourth-order valence-electron chi connectivity index (χ4n) is 6.10. The molecule has 3 aliphatic heterocycles. The molecule has 1 aromatic rings. The zero-order valence-electron chi connectivity index (χ0n) is 21.8. The van der Waals surface area contributed by atoms with E-state index in [9.17, 15) is 14.4 Å². The van der Waals surface area contributed by atoms with Crippen molar-refractivity contribution in [2.75, 3.05) is 55.6 Å². The van der Waals surface area contributed by atoms with Crippen LogP contribution in [0.3, 0.4) is 0 Å². The quantitative estimate of drug-likeness (QED) is 0.689. The smallest absolute Gasteiger partial charge is 0.410 e. The number of nitrogens with one attached hydrogen (secondary N) is 1. The number of urea groups is 1. The van der Waals surface area contributed by atoms with Gasteiger partial charge >= 0.3 is 12.1 Å². The third kappa shape index (κ3) is 5.31. The number of carbonyl (C=O) groups is 3. The predicted molar refractivity (Wildman–Crippen MR) is 138 cm³/mol. The molecule has 1 N–H and O–H groups in total. The van der Waals surface area contributed by atoms with Gasteiger partial charge in [-0.15, -0.1) is 0 Å². The molecule has 4 fully saturated rings. The molecular formula is C27H39N5O4. The van der Waals surface area contributed by atoms with Crippen molar-refractivity contribution in [2.24, 2.45) is 5.41 Å². The van der Waals surface area contributed by atoms with Crippen molar-refractivity contribution in [3.63, 3.8) is 0 Å². The van der Waals surface area contributed by atoms with E-state index in [0.29, 0.717) is 24.4 Å². The number of benzene rings is 1. The van der Waals surface area contributed by atoms with Crippen LogP contribution in [-0.4, -0.2) is 85.3 Å². The number of imide groups is 1. The van der Waals surface area contributed by atoms with Crippen LogP contribution in [0.2, 0.25) is 0 Å². The first kappa shape index (κ1) is 24.9. The van der Waals surface area contributed by atoms with Crippen molar-refractivity contribution in [3.05, 3.63) is 24.3 Å². The molecule has 0 atom stereocenters. The molecule has 5 rings (SSSR count). The minimum absolute atomic E-state index is 0.174. The molecule has 1 aromatic carbocycles. The van der Waals surface area contributed by atoms with Crippen LogP contribution >= 0.6 is 0 Å². The minimum atomic E-state index is -0.441. The van der Waals surface area contributed by atoms with Gasteiger partial charge < -0.3 is 14.5 Å². The maximum atomic E-state index is 12.4.